The van der Waals surface area contributed by atoms with Gasteiger partial charge >= 0.3 is 0 Å². The lowest BCUT2D eigenvalue weighted by molar-refractivity contribution is 0.476. The average molecular weight is 169 g/mol. The first kappa shape index (κ1) is 10.0. The Bertz CT molecular complexity index is 122. The zero-order valence-electron chi connectivity index (χ0n) is 8.77. The summed E-state index contributed by atoms with van der Waals surface area (Å²) in [6.07, 6.45) is 6.83. The van der Waals surface area contributed by atoms with E-state index >= 15 is 0 Å². The van der Waals surface area contributed by atoms with Crippen LogP contribution < -0.4 is 5.32 Å². The summed E-state index contributed by atoms with van der Waals surface area (Å²) in [7, 11) is 0. The van der Waals surface area contributed by atoms with Crippen molar-refractivity contribution in [2.24, 2.45) is 5.92 Å². The van der Waals surface area contributed by atoms with Gasteiger partial charge in [0.25, 0.3) is 0 Å². The van der Waals surface area contributed by atoms with E-state index in [0.717, 1.165) is 18.0 Å². The molecule has 0 aromatic heterocycles. The first-order chi connectivity index (χ1) is 5.77. The van der Waals surface area contributed by atoms with Crippen LogP contribution in [0.4, 0.5) is 0 Å². The van der Waals surface area contributed by atoms with Gasteiger partial charge in [-0.2, -0.15) is 0 Å². The van der Waals surface area contributed by atoms with E-state index in [-0.39, 0.29) is 0 Å². The van der Waals surface area contributed by atoms with Crippen LogP contribution in [0.1, 0.15) is 52.9 Å². The molecule has 0 aromatic carbocycles. The highest BCUT2D eigenvalue weighted by Crippen LogP contribution is 2.33. The van der Waals surface area contributed by atoms with Gasteiger partial charge in [-0.1, -0.05) is 33.1 Å². The van der Waals surface area contributed by atoms with E-state index in [2.05, 4.69) is 26.1 Å². The minimum Gasteiger partial charge on any atom is -0.311 e. The maximum Gasteiger partial charge on any atom is 0.0101 e. The smallest absolute Gasteiger partial charge is 0.0101 e. The quantitative estimate of drug-likeness (QED) is 0.644. The second-order valence-electron chi connectivity index (χ2n) is 4.22. The fourth-order valence-corrected chi connectivity index (χ4v) is 1.86. The molecule has 1 aliphatic carbocycles. The molecule has 0 spiro atoms. The lowest BCUT2D eigenvalue weighted by Crippen LogP contribution is -2.29. The van der Waals surface area contributed by atoms with Crippen LogP contribution in [0.3, 0.4) is 0 Å². The first-order valence-electron chi connectivity index (χ1n) is 5.54. The Hall–Kier alpha value is -0.0400. The Morgan fingerprint density at radius 2 is 2.17 bits per heavy atom. The molecule has 0 bridgehead atoms. The zero-order valence-corrected chi connectivity index (χ0v) is 8.77. The molecule has 0 amide bonds. The van der Waals surface area contributed by atoms with E-state index in [1.54, 1.807) is 0 Å². The van der Waals surface area contributed by atoms with Crippen LogP contribution in [0, 0.1) is 5.92 Å². The summed E-state index contributed by atoms with van der Waals surface area (Å²) in [4.78, 5) is 0. The van der Waals surface area contributed by atoms with Crippen LogP contribution in [0.2, 0.25) is 0 Å². The maximum absolute atomic E-state index is 3.69. The Kier molecular flexibility index (Phi) is 4.07. The van der Waals surface area contributed by atoms with Gasteiger partial charge in [-0.3, -0.25) is 0 Å². The van der Waals surface area contributed by atoms with Crippen molar-refractivity contribution >= 4 is 0 Å². The molecule has 1 saturated carbocycles. The van der Waals surface area contributed by atoms with Gasteiger partial charge in [-0.15, -0.1) is 0 Å². The molecule has 1 heteroatoms. The fourth-order valence-electron chi connectivity index (χ4n) is 1.86. The maximum atomic E-state index is 3.69. The van der Waals surface area contributed by atoms with Gasteiger partial charge in [-0.05, 0) is 25.7 Å². The van der Waals surface area contributed by atoms with Crippen LogP contribution in [0.25, 0.3) is 0 Å². The summed E-state index contributed by atoms with van der Waals surface area (Å²) >= 11 is 0. The molecule has 1 nitrogen and oxygen atoms in total. The topological polar surface area (TPSA) is 12.0 Å². The average Bonchev–Trinajstić information content (AvgIpc) is 2.80. The van der Waals surface area contributed by atoms with Crippen molar-refractivity contribution in [3.05, 3.63) is 0 Å². The van der Waals surface area contributed by atoms with E-state index in [4.69, 9.17) is 0 Å². The van der Waals surface area contributed by atoms with Crippen molar-refractivity contribution in [3.8, 4) is 0 Å². The molecule has 12 heavy (non-hydrogen) atoms. The molecular formula is C11H23N. The molecular weight excluding hydrogens is 146 g/mol. The van der Waals surface area contributed by atoms with E-state index in [0.29, 0.717) is 0 Å². The molecule has 0 heterocycles. The second-order valence-corrected chi connectivity index (χ2v) is 4.22. The lowest BCUT2D eigenvalue weighted by atomic mass is 10.1. The van der Waals surface area contributed by atoms with Crippen LogP contribution >= 0.6 is 0 Å². The van der Waals surface area contributed by atoms with Crippen molar-refractivity contribution in [3.63, 3.8) is 0 Å². The van der Waals surface area contributed by atoms with Crippen LogP contribution in [-0.2, 0) is 0 Å². The highest BCUT2D eigenvalue weighted by Gasteiger charge is 2.35. The molecule has 1 fully saturated rings. The van der Waals surface area contributed by atoms with Crippen LogP contribution in [-0.4, -0.2) is 12.1 Å². The number of unbranched alkanes of at least 4 members (excludes halogenated alkanes) is 1. The van der Waals surface area contributed by atoms with Crippen LogP contribution in [0.5, 0.6) is 0 Å². The van der Waals surface area contributed by atoms with E-state index < -0.39 is 0 Å². The summed E-state index contributed by atoms with van der Waals surface area (Å²) in [5.41, 5.74) is 0. The van der Waals surface area contributed by atoms with Gasteiger partial charge in [0.2, 0.25) is 0 Å². The number of rotatable bonds is 6. The molecule has 72 valence electrons. The lowest BCUT2D eigenvalue weighted by Gasteiger charge is -2.12. The molecule has 0 saturated heterocycles. The fraction of sp³-hybridized carbons (Fsp3) is 1.00. The number of nitrogens with one attached hydrogen (secondary N) is 1. The normalized spacial score (nSPS) is 30.2. The summed E-state index contributed by atoms with van der Waals surface area (Å²) in [5, 5.41) is 3.69. The molecule has 0 aliphatic heterocycles. The van der Waals surface area contributed by atoms with Crippen molar-refractivity contribution in [2.75, 3.05) is 0 Å². The Balaban J connectivity index is 1.99. The van der Waals surface area contributed by atoms with Gasteiger partial charge < -0.3 is 5.32 Å². The molecule has 3 unspecified atom stereocenters. The number of hydrogen-bond donors (Lipinski definition) is 1. The predicted octanol–water partition coefficient (Wildman–Crippen LogP) is 2.95. The summed E-state index contributed by atoms with van der Waals surface area (Å²) in [5.74, 6) is 0.995. The molecule has 1 N–H and O–H groups in total. The molecule has 0 aromatic rings. The van der Waals surface area contributed by atoms with Gasteiger partial charge in [0.1, 0.15) is 0 Å². The van der Waals surface area contributed by atoms with Crippen molar-refractivity contribution in [1.82, 2.24) is 5.32 Å². The summed E-state index contributed by atoms with van der Waals surface area (Å²) in [6, 6.07) is 1.60. The predicted molar refractivity (Wildman–Crippen MR) is 54.3 cm³/mol. The van der Waals surface area contributed by atoms with Crippen molar-refractivity contribution in [2.45, 2.75) is 65.0 Å². The van der Waals surface area contributed by atoms with E-state index in [1.807, 2.05) is 0 Å². The highest BCUT2D eigenvalue weighted by molar-refractivity contribution is 4.93. The van der Waals surface area contributed by atoms with Gasteiger partial charge in [0.05, 0.1) is 0 Å². The van der Waals surface area contributed by atoms with Crippen molar-refractivity contribution < 1.29 is 0 Å². The minimum atomic E-state index is 0.742. The van der Waals surface area contributed by atoms with E-state index in [9.17, 15) is 0 Å². The number of hydrogen-bond acceptors (Lipinski definition) is 1. The third kappa shape index (κ3) is 3.14. The van der Waals surface area contributed by atoms with Gasteiger partial charge in [0.15, 0.2) is 0 Å². The molecule has 1 aliphatic rings. The Labute approximate surface area is 76.9 Å². The SMILES string of the molecule is CCCCC(C)NC1CC1CC. The van der Waals surface area contributed by atoms with E-state index in [1.165, 1.54) is 32.1 Å². The van der Waals surface area contributed by atoms with Gasteiger partial charge in [-0.25, -0.2) is 0 Å². The monoisotopic (exact) mass is 169 g/mol. The second kappa shape index (κ2) is 4.86. The summed E-state index contributed by atoms with van der Waals surface area (Å²) in [6.45, 7) is 6.88. The molecule has 3 atom stereocenters. The zero-order chi connectivity index (χ0) is 8.97. The third-order valence-electron chi connectivity index (χ3n) is 2.94. The molecule has 1 rings (SSSR count). The van der Waals surface area contributed by atoms with Gasteiger partial charge in [0, 0.05) is 12.1 Å². The van der Waals surface area contributed by atoms with Crippen LogP contribution in [0.15, 0.2) is 0 Å². The molecule has 0 radical (unpaired) electrons. The summed E-state index contributed by atoms with van der Waals surface area (Å²) < 4.78 is 0. The van der Waals surface area contributed by atoms with Crippen molar-refractivity contribution in [1.29, 1.82) is 0 Å². The first-order valence-corrected chi connectivity index (χ1v) is 5.54. The standard InChI is InChI=1S/C11H23N/c1-4-6-7-9(3)12-11-8-10(11)5-2/h9-12H,4-8H2,1-3H3. The minimum absolute atomic E-state index is 0.742. The largest absolute Gasteiger partial charge is 0.311 e. The highest BCUT2D eigenvalue weighted by atomic mass is 15.0. The Morgan fingerprint density at radius 1 is 1.42 bits per heavy atom. The third-order valence-corrected chi connectivity index (χ3v) is 2.94. The Morgan fingerprint density at radius 3 is 2.67 bits per heavy atom.